The molecule has 0 bridgehead atoms. The van der Waals surface area contributed by atoms with Crippen molar-refractivity contribution in [1.29, 1.82) is 0 Å². The van der Waals surface area contributed by atoms with E-state index in [1.807, 2.05) is 13.8 Å². The van der Waals surface area contributed by atoms with Crippen LogP contribution >= 0.6 is 0 Å². The van der Waals surface area contributed by atoms with Crippen LogP contribution in [0.15, 0.2) is 18.2 Å². The lowest BCUT2D eigenvalue weighted by Gasteiger charge is -2.26. The SMILES string of the molecule is CC(C)N(C)c1ccc(NC(=O)N2CCCC2C(=O)NCC(F)(F)F)cc1F. The molecule has 6 nitrogen and oxygen atoms in total. The third-order valence-corrected chi connectivity index (χ3v) is 4.63. The van der Waals surface area contributed by atoms with Crippen molar-refractivity contribution in [3.05, 3.63) is 24.0 Å². The minimum Gasteiger partial charge on any atom is -0.370 e. The van der Waals surface area contributed by atoms with Gasteiger partial charge in [-0.25, -0.2) is 9.18 Å². The van der Waals surface area contributed by atoms with Gasteiger partial charge in [-0.2, -0.15) is 13.2 Å². The number of nitrogens with zero attached hydrogens (tertiary/aromatic N) is 2. The Labute approximate surface area is 160 Å². The third kappa shape index (κ3) is 5.49. The third-order valence-electron chi connectivity index (χ3n) is 4.63. The molecule has 28 heavy (non-hydrogen) atoms. The van der Waals surface area contributed by atoms with Gasteiger partial charge >= 0.3 is 12.2 Å². The number of halogens is 4. The summed E-state index contributed by atoms with van der Waals surface area (Å²) in [5, 5.41) is 4.31. The van der Waals surface area contributed by atoms with Gasteiger partial charge in [-0.3, -0.25) is 4.79 Å². The number of amides is 3. The van der Waals surface area contributed by atoms with Crippen LogP contribution in [0.4, 0.5) is 33.7 Å². The molecular weight excluding hydrogens is 380 g/mol. The van der Waals surface area contributed by atoms with Gasteiger partial charge in [0, 0.05) is 25.3 Å². The number of carbonyl (C=O) groups is 2. The lowest BCUT2D eigenvalue weighted by molar-refractivity contribution is -0.140. The van der Waals surface area contributed by atoms with Crippen LogP contribution < -0.4 is 15.5 Å². The Hall–Kier alpha value is -2.52. The van der Waals surface area contributed by atoms with Gasteiger partial charge < -0.3 is 20.4 Å². The van der Waals surface area contributed by atoms with E-state index in [1.54, 1.807) is 17.3 Å². The Bertz CT molecular complexity index is 724. The van der Waals surface area contributed by atoms with Gasteiger partial charge in [-0.15, -0.1) is 0 Å². The van der Waals surface area contributed by atoms with Gasteiger partial charge in [0.1, 0.15) is 18.4 Å². The molecule has 10 heteroatoms. The first-order chi connectivity index (χ1) is 13.0. The summed E-state index contributed by atoms with van der Waals surface area (Å²) >= 11 is 0. The van der Waals surface area contributed by atoms with Crippen LogP contribution in [0.5, 0.6) is 0 Å². The maximum absolute atomic E-state index is 14.3. The Morgan fingerprint density at radius 3 is 2.57 bits per heavy atom. The largest absolute Gasteiger partial charge is 0.405 e. The van der Waals surface area contributed by atoms with E-state index in [2.05, 4.69) is 5.32 Å². The van der Waals surface area contributed by atoms with Crippen LogP contribution in [0, 0.1) is 5.82 Å². The summed E-state index contributed by atoms with van der Waals surface area (Å²) in [4.78, 5) is 27.4. The lowest BCUT2D eigenvalue weighted by atomic mass is 10.2. The van der Waals surface area contributed by atoms with Gasteiger partial charge in [-0.1, -0.05) is 0 Å². The number of nitrogens with one attached hydrogen (secondary N) is 2. The normalized spacial score (nSPS) is 17.0. The highest BCUT2D eigenvalue weighted by molar-refractivity contribution is 5.94. The average Bonchev–Trinajstić information content (AvgIpc) is 3.08. The van der Waals surface area contributed by atoms with Crippen LogP contribution in [0.3, 0.4) is 0 Å². The fourth-order valence-electron chi connectivity index (χ4n) is 2.93. The van der Waals surface area contributed by atoms with Crippen molar-refractivity contribution in [3.8, 4) is 0 Å². The standard InChI is InChI=1S/C18H24F4N4O2/c1-11(2)25(3)14-7-6-12(9-13(14)19)24-17(28)26-8-4-5-15(26)16(27)23-10-18(20,21)22/h6-7,9,11,15H,4-5,8,10H2,1-3H3,(H,23,27)(H,24,28). The first-order valence-electron chi connectivity index (χ1n) is 8.94. The average molecular weight is 404 g/mol. The molecular formula is C18H24F4N4O2. The number of hydrogen-bond donors (Lipinski definition) is 2. The molecule has 1 saturated heterocycles. The van der Waals surface area contributed by atoms with E-state index < -0.39 is 36.5 Å². The van der Waals surface area contributed by atoms with Gasteiger partial charge in [-0.05, 0) is 44.9 Å². The minimum absolute atomic E-state index is 0.0792. The second kappa shape index (κ2) is 8.66. The van der Waals surface area contributed by atoms with Gasteiger partial charge in [0.25, 0.3) is 0 Å². The van der Waals surface area contributed by atoms with Crippen LogP contribution in [0.2, 0.25) is 0 Å². The van der Waals surface area contributed by atoms with Crippen LogP contribution in [0.25, 0.3) is 0 Å². The quantitative estimate of drug-likeness (QED) is 0.740. The summed E-state index contributed by atoms with van der Waals surface area (Å²) in [6, 6.07) is 2.66. The van der Waals surface area contributed by atoms with Crippen molar-refractivity contribution in [3.63, 3.8) is 0 Å². The van der Waals surface area contributed by atoms with Crippen molar-refractivity contribution >= 4 is 23.3 Å². The molecule has 0 saturated carbocycles. The predicted octanol–water partition coefficient (Wildman–Crippen LogP) is 3.35. The van der Waals surface area contributed by atoms with Gasteiger partial charge in [0.2, 0.25) is 5.91 Å². The first kappa shape index (κ1) is 21.8. The monoisotopic (exact) mass is 404 g/mol. The molecule has 0 radical (unpaired) electrons. The number of rotatable bonds is 5. The Balaban J connectivity index is 2.03. The van der Waals surface area contributed by atoms with Crippen molar-refractivity contribution < 1.29 is 27.2 Å². The molecule has 0 aromatic heterocycles. The smallest absolute Gasteiger partial charge is 0.370 e. The van der Waals surface area contributed by atoms with E-state index in [4.69, 9.17) is 0 Å². The summed E-state index contributed by atoms with van der Waals surface area (Å²) in [6.07, 6.45) is -3.77. The maximum Gasteiger partial charge on any atom is 0.405 e. The van der Waals surface area contributed by atoms with Crippen molar-refractivity contribution in [2.45, 2.75) is 44.9 Å². The van der Waals surface area contributed by atoms with Crippen LogP contribution in [0.1, 0.15) is 26.7 Å². The van der Waals surface area contributed by atoms with E-state index in [0.717, 1.165) is 4.90 Å². The number of likely N-dealkylation sites (tertiary alicyclic amines) is 1. The van der Waals surface area contributed by atoms with E-state index in [1.165, 1.54) is 18.2 Å². The van der Waals surface area contributed by atoms with Crippen molar-refractivity contribution in [1.82, 2.24) is 10.2 Å². The van der Waals surface area contributed by atoms with Crippen LogP contribution in [-0.2, 0) is 4.79 Å². The van der Waals surface area contributed by atoms with Crippen LogP contribution in [-0.4, -0.2) is 55.2 Å². The van der Waals surface area contributed by atoms with Gasteiger partial charge in [0.15, 0.2) is 0 Å². The summed E-state index contributed by atoms with van der Waals surface area (Å²) in [5.41, 5.74) is 0.573. The number of alkyl halides is 3. The molecule has 2 N–H and O–H groups in total. The van der Waals surface area contributed by atoms with E-state index in [0.29, 0.717) is 12.1 Å². The van der Waals surface area contributed by atoms with Crippen molar-refractivity contribution in [2.24, 2.45) is 0 Å². The molecule has 1 aliphatic rings. The molecule has 0 aliphatic carbocycles. The molecule has 2 rings (SSSR count). The molecule has 156 valence electrons. The number of benzene rings is 1. The van der Waals surface area contributed by atoms with Crippen molar-refractivity contribution in [2.75, 3.05) is 30.4 Å². The summed E-state index contributed by atoms with van der Waals surface area (Å²) < 4.78 is 51.2. The number of urea groups is 1. The maximum atomic E-state index is 14.3. The second-order valence-corrected chi connectivity index (χ2v) is 6.99. The minimum atomic E-state index is -4.52. The van der Waals surface area contributed by atoms with Gasteiger partial charge in [0.05, 0.1) is 5.69 Å². The Morgan fingerprint density at radius 2 is 2.00 bits per heavy atom. The number of hydrogen-bond acceptors (Lipinski definition) is 3. The molecule has 0 spiro atoms. The molecule has 1 aromatic rings. The zero-order valence-corrected chi connectivity index (χ0v) is 15.9. The Morgan fingerprint density at radius 1 is 1.32 bits per heavy atom. The van der Waals surface area contributed by atoms with E-state index in [-0.39, 0.29) is 24.7 Å². The lowest BCUT2D eigenvalue weighted by Crippen LogP contribution is -2.49. The highest BCUT2D eigenvalue weighted by Crippen LogP contribution is 2.25. The molecule has 1 unspecified atom stereocenters. The van der Waals surface area contributed by atoms with E-state index >= 15 is 0 Å². The number of anilines is 2. The Kier molecular flexibility index (Phi) is 6.73. The molecule has 1 heterocycles. The summed E-state index contributed by atoms with van der Waals surface area (Å²) in [7, 11) is 1.75. The highest BCUT2D eigenvalue weighted by atomic mass is 19.4. The topological polar surface area (TPSA) is 64.7 Å². The summed E-state index contributed by atoms with van der Waals surface area (Å²) in [5.74, 6) is -1.38. The fraction of sp³-hybridized carbons (Fsp3) is 0.556. The molecule has 1 aliphatic heterocycles. The second-order valence-electron chi connectivity index (χ2n) is 6.99. The first-order valence-corrected chi connectivity index (χ1v) is 8.94. The zero-order valence-electron chi connectivity index (χ0n) is 15.9. The zero-order chi connectivity index (χ0) is 21.1. The van der Waals surface area contributed by atoms with E-state index in [9.17, 15) is 27.2 Å². The predicted molar refractivity (Wildman–Crippen MR) is 97.8 cm³/mol. The molecule has 1 atom stereocenters. The number of carbonyl (C=O) groups excluding carboxylic acids is 2. The molecule has 3 amide bonds. The molecule has 1 fully saturated rings. The molecule has 1 aromatic carbocycles. The highest BCUT2D eigenvalue weighted by Gasteiger charge is 2.36. The summed E-state index contributed by atoms with van der Waals surface area (Å²) in [6.45, 7) is 2.60. The fourth-order valence-corrected chi connectivity index (χ4v) is 2.93.